The molecule has 0 saturated heterocycles. The van der Waals surface area contributed by atoms with Crippen LogP contribution in [0, 0.1) is 12.7 Å². The van der Waals surface area contributed by atoms with E-state index in [1.54, 1.807) is 25.1 Å². The predicted molar refractivity (Wildman–Crippen MR) is 64.4 cm³/mol. The van der Waals surface area contributed by atoms with Gasteiger partial charge in [-0.3, -0.25) is 4.79 Å². The Bertz CT molecular complexity index is 572. The van der Waals surface area contributed by atoms with Crippen molar-refractivity contribution in [2.75, 3.05) is 7.11 Å². The van der Waals surface area contributed by atoms with Crippen molar-refractivity contribution in [3.63, 3.8) is 0 Å². The van der Waals surface area contributed by atoms with Gasteiger partial charge in [0, 0.05) is 6.42 Å². The molecule has 2 aromatic rings. The summed E-state index contributed by atoms with van der Waals surface area (Å²) < 4.78 is 23.5. The highest BCUT2D eigenvalue weighted by atomic mass is 19.1. The van der Waals surface area contributed by atoms with E-state index >= 15 is 0 Å². The van der Waals surface area contributed by atoms with E-state index < -0.39 is 5.82 Å². The summed E-state index contributed by atoms with van der Waals surface area (Å²) in [6.45, 7) is 1.77. The lowest BCUT2D eigenvalue weighted by molar-refractivity contribution is 0.0965. The molecule has 0 saturated carbocycles. The van der Waals surface area contributed by atoms with Crippen molar-refractivity contribution in [2.24, 2.45) is 0 Å². The largest absolute Gasteiger partial charge is 0.494 e. The van der Waals surface area contributed by atoms with Gasteiger partial charge in [-0.2, -0.15) is 0 Å². The van der Waals surface area contributed by atoms with Gasteiger partial charge in [0.15, 0.2) is 17.3 Å². The van der Waals surface area contributed by atoms with E-state index in [1.165, 1.54) is 19.2 Å². The molecular weight excluding hydrogens is 235 g/mol. The van der Waals surface area contributed by atoms with Gasteiger partial charge < -0.3 is 9.15 Å². The fraction of sp³-hybridized carbons (Fsp3) is 0.214. The number of ketones is 1. The molecule has 0 spiro atoms. The van der Waals surface area contributed by atoms with Crippen molar-refractivity contribution in [1.29, 1.82) is 0 Å². The molecule has 0 aliphatic heterocycles. The number of ether oxygens (including phenoxy) is 1. The maximum absolute atomic E-state index is 13.4. The van der Waals surface area contributed by atoms with Crippen molar-refractivity contribution in [2.45, 2.75) is 13.3 Å². The maximum Gasteiger partial charge on any atom is 0.202 e. The second-order valence-electron chi connectivity index (χ2n) is 3.98. The zero-order valence-corrected chi connectivity index (χ0v) is 10.2. The zero-order chi connectivity index (χ0) is 13.1. The SMILES string of the molecule is COc1ccc(CC(=O)c2ccc(C)o2)cc1F. The zero-order valence-electron chi connectivity index (χ0n) is 10.2. The number of methoxy groups -OCH3 is 1. The van der Waals surface area contributed by atoms with Crippen molar-refractivity contribution in [1.82, 2.24) is 0 Å². The number of rotatable bonds is 4. The molecular formula is C14H13FO3. The molecule has 2 rings (SSSR count). The highest BCUT2D eigenvalue weighted by Crippen LogP contribution is 2.19. The molecule has 4 heteroatoms. The fourth-order valence-electron chi connectivity index (χ4n) is 1.68. The molecule has 0 N–H and O–H groups in total. The quantitative estimate of drug-likeness (QED) is 0.780. The molecule has 3 nitrogen and oxygen atoms in total. The van der Waals surface area contributed by atoms with Gasteiger partial charge in [-0.1, -0.05) is 6.07 Å². The second-order valence-corrected chi connectivity index (χ2v) is 3.98. The molecule has 0 unspecified atom stereocenters. The first-order chi connectivity index (χ1) is 8.60. The normalized spacial score (nSPS) is 10.4. The van der Waals surface area contributed by atoms with Crippen LogP contribution in [-0.2, 0) is 6.42 Å². The van der Waals surface area contributed by atoms with Crippen LogP contribution in [0.3, 0.4) is 0 Å². The molecule has 18 heavy (non-hydrogen) atoms. The third kappa shape index (κ3) is 2.59. The molecule has 1 aromatic carbocycles. The van der Waals surface area contributed by atoms with Crippen LogP contribution < -0.4 is 4.74 Å². The topological polar surface area (TPSA) is 39.4 Å². The molecule has 0 aliphatic carbocycles. The summed E-state index contributed by atoms with van der Waals surface area (Å²) >= 11 is 0. The molecule has 0 amide bonds. The van der Waals surface area contributed by atoms with Crippen LogP contribution in [0.4, 0.5) is 4.39 Å². The molecule has 94 valence electrons. The highest BCUT2D eigenvalue weighted by Gasteiger charge is 2.12. The van der Waals surface area contributed by atoms with E-state index in [9.17, 15) is 9.18 Å². The van der Waals surface area contributed by atoms with E-state index in [0.717, 1.165) is 0 Å². The van der Waals surface area contributed by atoms with Crippen molar-refractivity contribution in [3.05, 3.63) is 53.2 Å². The Morgan fingerprint density at radius 3 is 2.67 bits per heavy atom. The summed E-state index contributed by atoms with van der Waals surface area (Å²) in [6, 6.07) is 7.81. The van der Waals surface area contributed by atoms with Crippen LogP contribution in [-0.4, -0.2) is 12.9 Å². The lowest BCUT2D eigenvalue weighted by Crippen LogP contribution is -2.02. The summed E-state index contributed by atoms with van der Waals surface area (Å²) in [6.07, 6.45) is 0.105. The molecule has 0 bridgehead atoms. The number of hydrogen-bond donors (Lipinski definition) is 0. The number of benzene rings is 1. The Hall–Kier alpha value is -2.10. The van der Waals surface area contributed by atoms with Gasteiger partial charge in [0.1, 0.15) is 5.76 Å². The van der Waals surface area contributed by atoms with Crippen LogP contribution in [0.5, 0.6) is 5.75 Å². The number of hydrogen-bond acceptors (Lipinski definition) is 3. The average molecular weight is 248 g/mol. The minimum atomic E-state index is -0.474. The van der Waals surface area contributed by atoms with Gasteiger partial charge in [-0.15, -0.1) is 0 Å². The number of carbonyl (C=O) groups is 1. The number of aryl methyl sites for hydroxylation is 1. The van der Waals surface area contributed by atoms with E-state index in [-0.39, 0.29) is 18.0 Å². The van der Waals surface area contributed by atoms with Gasteiger partial charge in [0.2, 0.25) is 5.78 Å². The minimum absolute atomic E-state index is 0.105. The number of Topliss-reactive ketones (excluding diaryl/α,β-unsaturated/α-hetero) is 1. The Labute approximate surface area is 104 Å². The van der Waals surface area contributed by atoms with Crippen LogP contribution in [0.1, 0.15) is 21.9 Å². The van der Waals surface area contributed by atoms with E-state index in [1.807, 2.05) is 0 Å². The van der Waals surface area contributed by atoms with E-state index in [0.29, 0.717) is 17.1 Å². The van der Waals surface area contributed by atoms with Crippen molar-refractivity contribution < 1.29 is 18.3 Å². The maximum atomic E-state index is 13.4. The predicted octanol–water partition coefficient (Wildman–Crippen LogP) is 3.16. The Balaban J connectivity index is 2.14. The van der Waals surface area contributed by atoms with E-state index in [4.69, 9.17) is 9.15 Å². The lowest BCUT2D eigenvalue weighted by Gasteiger charge is -2.04. The first-order valence-corrected chi connectivity index (χ1v) is 5.52. The van der Waals surface area contributed by atoms with Gasteiger partial charge in [-0.25, -0.2) is 4.39 Å². The lowest BCUT2D eigenvalue weighted by atomic mass is 10.1. The van der Waals surface area contributed by atoms with Crippen molar-refractivity contribution >= 4 is 5.78 Å². The Morgan fingerprint density at radius 1 is 1.33 bits per heavy atom. The van der Waals surface area contributed by atoms with E-state index in [2.05, 4.69) is 0 Å². The molecule has 1 heterocycles. The fourth-order valence-corrected chi connectivity index (χ4v) is 1.68. The molecule has 0 radical (unpaired) electrons. The minimum Gasteiger partial charge on any atom is -0.494 e. The first-order valence-electron chi connectivity index (χ1n) is 5.52. The Morgan fingerprint density at radius 2 is 2.11 bits per heavy atom. The summed E-state index contributed by atoms with van der Waals surface area (Å²) in [5.41, 5.74) is 0.590. The van der Waals surface area contributed by atoms with Gasteiger partial charge in [0.25, 0.3) is 0 Å². The van der Waals surface area contributed by atoms with Crippen molar-refractivity contribution in [3.8, 4) is 5.75 Å². The standard InChI is InChI=1S/C14H13FO3/c1-9-3-5-14(18-9)12(16)8-10-4-6-13(17-2)11(15)7-10/h3-7H,8H2,1-2H3. The molecule has 1 aromatic heterocycles. The van der Waals surface area contributed by atoms with Crippen LogP contribution in [0.2, 0.25) is 0 Å². The number of furan rings is 1. The van der Waals surface area contributed by atoms with Crippen LogP contribution in [0.15, 0.2) is 34.7 Å². The monoisotopic (exact) mass is 248 g/mol. The third-order valence-electron chi connectivity index (χ3n) is 2.60. The summed E-state index contributed by atoms with van der Waals surface area (Å²) in [5, 5.41) is 0. The summed E-state index contributed by atoms with van der Waals surface area (Å²) in [7, 11) is 1.40. The third-order valence-corrected chi connectivity index (χ3v) is 2.60. The molecule has 0 fully saturated rings. The smallest absolute Gasteiger partial charge is 0.202 e. The van der Waals surface area contributed by atoms with Gasteiger partial charge >= 0.3 is 0 Å². The van der Waals surface area contributed by atoms with Gasteiger partial charge in [0.05, 0.1) is 7.11 Å². The Kier molecular flexibility index (Phi) is 3.46. The number of carbonyl (C=O) groups excluding carboxylic acids is 1. The molecule has 0 atom stereocenters. The second kappa shape index (κ2) is 5.04. The highest BCUT2D eigenvalue weighted by molar-refractivity contribution is 5.95. The average Bonchev–Trinajstić information content (AvgIpc) is 2.76. The van der Waals surface area contributed by atoms with Crippen LogP contribution >= 0.6 is 0 Å². The first kappa shape index (κ1) is 12.4. The number of halogens is 1. The summed E-state index contributed by atoms with van der Waals surface area (Å²) in [5.74, 6) is 0.495. The molecule has 0 aliphatic rings. The van der Waals surface area contributed by atoms with Gasteiger partial charge in [-0.05, 0) is 36.8 Å². The van der Waals surface area contributed by atoms with Crippen LogP contribution in [0.25, 0.3) is 0 Å². The summed E-state index contributed by atoms with van der Waals surface area (Å²) in [4.78, 5) is 11.8.